The first-order valence-corrected chi connectivity index (χ1v) is 10.4. The highest BCUT2D eigenvalue weighted by atomic mass is 32.2. The van der Waals surface area contributed by atoms with Gasteiger partial charge in [0, 0.05) is 26.2 Å². The minimum Gasteiger partial charge on any atom is -0.355 e. The Hall–Kier alpha value is -2.71. The van der Waals surface area contributed by atoms with Crippen molar-refractivity contribution in [2.75, 3.05) is 25.5 Å². The van der Waals surface area contributed by atoms with E-state index < -0.39 is 10.0 Å². The second-order valence-corrected chi connectivity index (χ2v) is 8.45. The van der Waals surface area contributed by atoms with Gasteiger partial charge in [-0.05, 0) is 42.7 Å². The zero-order valence-electron chi connectivity index (χ0n) is 16.0. The molecule has 0 heterocycles. The number of nitrogens with one attached hydrogen (secondary N) is 2. The van der Waals surface area contributed by atoms with Crippen LogP contribution in [0.5, 0.6) is 0 Å². The fourth-order valence-electron chi connectivity index (χ4n) is 2.60. The van der Waals surface area contributed by atoms with Crippen molar-refractivity contribution in [3.63, 3.8) is 0 Å². The Kier molecular flexibility index (Phi) is 7.71. The van der Waals surface area contributed by atoms with Crippen LogP contribution in [0.15, 0.2) is 59.5 Å². The molecule has 0 aliphatic rings. The van der Waals surface area contributed by atoms with Crippen LogP contribution in [0, 0.1) is 0 Å². The minimum absolute atomic E-state index is 0.0565. The molecule has 2 aromatic rings. The molecule has 0 unspecified atom stereocenters. The second kappa shape index (κ2) is 10.0. The van der Waals surface area contributed by atoms with Crippen LogP contribution >= 0.6 is 0 Å². The molecule has 2 rings (SSSR count). The highest BCUT2D eigenvalue weighted by Crippen LogP contribution is 2.17. The maximum atomic E-state index is 12.6. The zero-order chi connectivity index (χ0) is 20.6. The third-order valence-corrected chi connectivity index (χ3v) is 5.87. The Bertz CT molecular complexity index is 897. The lowest BCUT2D eigenvalue weighted by atomic mass is 10.1. The normalized spacial score (nSPS) is 11.2. The van der Waals surface area contributed by atoms with Gasteiger partial charge in [0.2, 0.25) is 21.8 Å². The molecule has 0 atom stereocenters. The van der Waals surface area contributed by atoms with Crippen molar-refractivity contribution in [3.8, 4) is 0 Å². The number of carbonyl (C=O) groups excluding carboxylic acids is 2. The first kappa shape index (κ1) is 21.6. The van der Waals surface area contributed by atoms with Crippen molar-refractivity contribution in [1.82, 2.24) is 9.62 Å². The molecule has 0 aliphatic heterocycles. The molecule has 0 radical (unpaired) electrons. The van der Waals surface area contributed by atoms with Crippen LogP contribution in [-0.2, 0) is 26.0 Å². The van der Waals surface area contributed by atoms with Crippen LogP contribution in [0.2, 0.25) is 0 Å². The third kappa shape index (κ3) is 6.47. The predicted molar refractivity (Wildman–Crippen MR) is 108 cm³/mol. The number of anilines is 1. The number of carbonyl (C=O) groups is 2. The number of amides is 2. The molecule has 2 N–H and O–H groups in total. The summed E-state index contributed by atoms with van der Waals surface area (Å²) in [5.74, 6) is -0.592. The lowest BCUT2D eigenvalue weighted by molar-refractivity contribution is -0.121. The molecular formula is C20H25N3O4S. The van der Waals surface area contributed by atoms with E-state index in [-0.39, 0.29) is 23.3 Å². The number of rotatable bonds is 9. The molecule has 2 aromatic carbocycles. The lowest BCUT2D eigenvalue weighted by Crippen LogP contribution is -2.38. The van der Waals surface area contributed by atoms with Crippen molar-refractivity contribution >= 4 is 27.5 Å². The molecule has 0 bridgehead atoms. The fraction of sp³-hybridized carbons (Fsp3) is 0.300. The molecule has 150 valence electrons. The van der Waals surface area contributed by atoms with Gasteiger partial charge in [-0.25, -0.2) is 8.42 Å². The summed E-state index contributed by atoms with van der Waals surface area (Å²) >= 11 is 0. The smallest absolute Gasteiger partial charge is 0.243 e. The number of aryl methyl sites for hydroxylation is 1. The van der Waals surface area contributed by atoms with E-state index in [1.54, 1.807) is 0 Å². The summed E-state index contributed by atoms with van der Waals surface area (Å²) in [6.45, 7) is 1.59. The molecule has 0 saturated carbocycles. The van der Waals surface area contributed by atoms with Crippen LogP contribution < -0.4 is 10.6 Å². The number of nitrogens with zero attached hydrogens (tertiary/aromatic N) is 1. The van der Waals surface area contributed by atoms with Crippen molar-refractivity contribution in [2.24, 2.45) is 0 Å². The van der Waals surface area contributed by atoms with E-state index in [9.17, 15) is 18.0 Å². The van der Waals surface area contributed by atoms with Crippen LogP contribution in [0.1, 0.15) is 18.9 Å². The van der Waals surface area contributed by atoms with E-state index in [1.807, 2.05) is 30.3 Å². The zero-order valence-corrected chi connectivity index (χ0v) is 16.8. The van der Waals surface area contributed by atoms with E-state index in [4.69, 9.17) is 0 Å². The number of likely N-dealkylation sites (N-methyl/N-ethyl adjacent to an activating group) is 1. The largest absolute Gasteiger partial charge is 0.355 e. The standard InChI is InChI=1S/C20H25N3O4S/c1-16(24)22-18-10-12-19(13-11-18)28(26,27)23(2)15-20(25)21-14-6-9-17-7-4-3-5-8-17/h3-5,7-8,10-13H,6,9,14-15H2,1-2H3,(H,21,25)(H,22,24). The highest BCUT2D eigenvalue weighted by Gasteiger charge is 2.22. The van der Waals surface area contributed by atoms with Gasteiger partial charge in [-0.2, -0.15) is 4.31 Å². The molecule has 2 amide bonds. The third-order valence-electron chi connectivity index (χ3n) is 4.06. The SMILES string of the molecule is CC(=O)Nc1ccc(S(=O)(=O)N(C)CC(=O)NCCCc2ccccc2)cc1. The molecule has 0 aliphatic carbocycles. The summed E-state index contributed by atoms with van der Waals surface area (Å²) < 4.78 is 26.2. The Morgan fingerprint density at radius 3 is 2.25 bits per heavy atom. The van der Waals surface area contributed by atoms with Crippen LogP contribution in [0.3, 0.4) is 0 Å². The van der Waals surface area contributed by atoms with Gasteiger partial charge in [-0.1, -0.05) is 30.3 Å². The first-order valence-electron chi connectivity index (χ1n) is 8.93. The van der Waals surface area contributed by atoms with Gasteiger partial charge in [-0.3, -0.25) is 9.59 Å². The average Bonchev–Trinajstić information content (AvgIpc) is 2.66. The van der Waals surface area contributed by atoms with Gasteiger partial charge in [0.25, 0.3) is 0 Å². The summed E-state index contributed by atoms with van der Waals surface area (Å²) in [5, 5.41) is 5.32. The number of hydrogen-bond donors (Lipinski definition) is 2. The van der Waals surface area contributed by atoms with E-state index in [0.29, 0.717) is 12.2 Å². The molecule has 0 aromatic heterocycles. The lowest BCUT2D eigenvalue weighted by Gasteiger charge is -2.17. The summed E-state index contributed by atoms with van der Waals surface area (Å²) in [5.41, 5.74) is 1.70. The minimum atomic E-state index is -3.79. The topological polar surface area (TPSA) is 95.6 Å². The molecule has 7 nitrogen and oxygen atoms in total. The Balaban J connectivity index is 1.83. The van der Waals surface area contributed by atoms with Gasteiger partial charge >= 0.3 is 0 Å². The number of benzene rings is 2. The number of hydrogen-bond acceptors (Lipinski definition) is 4. The van der Waals surface area contributed by atoms with Crippen molar-refractivity contribution in [1.29, 1.82) is 0 Å². The first-order chi connectivity index (χ1) is 13.3. The quantitative estimate of drug-likeness (QED) is 0.626. The summed E-state index contributed by atoms with van der Waals surface area (Å²) in [7, 11) is -2.43. The monoisotopic (exact) mass is 403 g/mol. The number of sulfonamides is 1. The second-order valence-electron chi connectivity index (χ2n) is 6.41. The average molecular weight is 404 g/mol. The van der Waals surface area contributed by atoms with Gasteiger partial charge in [0.1, 0.15) is 0 Å². The van der Waals surface area contributed by atoms with E-state index >= 15 is 0 Å². The van der Waals surface area contributed by atoms with Gasteiger partial charge in [0.15, 0.2) is 0 Å². The molecule has 0 fully saturated rings. The summed E-state index contributed by atoms with van der Waals surface area (Å²) in [4.78, 5) is 23.1. The summed E-state index contributed by atoms with van der Waals surface area (Å²) in [6, 6.07) is 15.8. The van der Waals surface area contributed by atoms with Crippen LogP contribution in [-0.4, -0.2) is 44.7 Å². The predicted octanol–water partition coefficient (Wildman–Crippen LogP) is 2.01. The Morgan fingerprint density at radius 1 is 1.00 bits per heavy atom. The molecular weight excluding hydrogens is 378 g/mol. The van der Waals surface area contributed by atoms with Crippen LogP contribution in [0.4, 0.5) is 5.69 Å². The van der Waals surface area contributed by atoms with Crippen molar-refractivity contribution in [3.05, 3.63) is 60.2 Å². The van der Waals surface area contributed by atoms with E-state index in [2.05, 4.69) is 10.6 Å². The summed E-state index contributed by atoms with van der Waals surface area (Å²) in [6.07, 6.45) is 1.62. The van der Waals surface area contributed by atoms with Crippen molar-refractivity contribution < 1.29 is 18.0 Å². The Labute approximate surface area is 165 Å². The van der Waals surface area contributed by atoms with Gasteiger partial charge in [-0.15, -0.1) is 0 Å². The maximum Gasteiger partial charge on any atom is 0.243 e. The van der Waals surface area contributed by atoms with Gasteiger partial charge < -0.3 is 10.6 Å². The fourth-order valence-corrected chi connectivity index (χ4v) is 3.73. The highest BCUT2D eigenvalue weighted by molar-refractivity contribution is 7.89. The maximum absolute atomic E-state index is 12.6. The van der Waals surface area contributed by atoms with E-state index in [1.165, 1.54) is 43.8 Å². The Morgan fingerprint density at radius 2 is 1.64 bits per heavy atom. The molecule has 28 heavy (non-hydrogen) atoms. The van der Waals surface area contributed by atoms with Crippen molar-refractivity contribution in [2.45, 2.75) is 24.7 Å². The van der Waals surface area contributed by atoms with E-state index in [0.717, 1.165) is 17.1 Å². The van der Waals surface area contributed by atoms with Crippen LogP contribution in [0.25, 0.3) is 0 Å². The molecule has 0 saturated heterocycles. The van der Waals surface area contributed by atoms with Gasteiger partial charge in [0.05, 0.1) is 11.4 Å². The molecule has 0 spiro atoms. The molecule has 8 heteroatoms.